The van der Waals surface area contributed by atoms with Crippen molar-refractivity contribution in [1.29, 1.82) is 0 Å². The number of nitrogens with zero attached hydrogens (tertiary/aromatic N) is 1. The van der Waals surface area contributed by atoms with Crippen molar-refractivity contribution < 1.29 is 4.74 Å². The summed E-state index contributed by atoms with van der Waals surface area (Å²) in [6.07, 6.45) is 1.76. The van der Waals surface area contributed by atoms with Gasteiger partial charge in [-0.1, -0.05) is 36.7 Å². The van der Waals surface area contributed by atoms with Gasteiger partial charge in [-0.2, -0.15) is 0 Å². The van der Waals surface area contributed by atoms with Crippen molar-refractivity contribution in [2.24, 2.45) is 0 Å². The molecule has 0 saturated heterocycles. The molecule has 0 aliphatic rings. The number of aromatic nitrogens is 1. The van der Waals surface area contributed by atoms with Gasteiger partial charge in [0.15, 0.2) is 0 Å². The molecule has 0 atom stereocenters. The minimum absolute atomic E-state index is 0.428. The van der Waals surface area contributed by atoms with Gasteiger partial charge in [-0.05, 0) is 24.2 Å². The molecule has 0 saturated carbocycles. The van der Waals surface area contributed by atoms with Crippen molar-refractivity contribution >= 4 is 11.6 Å². The average molecular weight is 277 g/mol. The van der Waals surface area contributed by atoms with E-state index < -0.39 is 0 Å². The molecule has 0 amide bonds. The summed E-state index contributed by atoms with van der Waals surface area (Å²) in [4.78, 5) is 4.20. The highest BCUT2D eigenvalue weighted by atomic mass is 35.5. The average Bonchev–Trinajstić information content (AvgIpc) is 2.45. The van der Waals surface area contributed by atoms with E-state index in [2.05, 4.69) is 17.2 Å². The molecule has 0 spiro atoms. The predicted octanol–water partition coefficient (Wildman–Crippen LogP) is 3.42. The van der Waals surface area contributed by atoms with E-state index in [4.69, 9.17) is 16.3 Å². The quantitative estimate of drug-likeness (QED) is 0.878. The summed E-state index contributed by atoms with van der Waals surface area (Å²) in [5.74, 6) is 0.621. The fraction of sp³-hybridized carbons (Fsp3) is 0.267. The molecule has 2 aromatic rings. The monoisotopic (exact) mass is 276 g/mol. The zero-order valence-electron chi connectivity index (χ0n) is 10.9. The maximum Gasteiger partial charge on any atom is 0.213 e. The van der Waals surface area contributed by atoms with Gasteiger partial charge >= 0.3 is 0 Å². The number of halogens is 1. The third-order valence-electron chi connectivity index (χ3n) is 2.71. The standard InChI is InChI=1S/C15H17ClN2O/c1-2-17-10-12-7-8-18-15(9-12)19-11-13-5-3-4-6-14(13)16/h3-9,17H,2,10-11H2,1H3. The van der Waals surface area contributed by atoms with E-state index in [1.807, 2.05) is 36.4 Å². The van der Waals surface area contributed by atoms with Crippen LogP contribution < -0.4 is 10.1 Å². The molecule has 0 bridgehead atoms. The topological polar surface area (TPSA) is 34.2 Å². The first-order valence-electron chi connectivity index (χ1n) is 6.31. The van der Waals surface area contributed by atoms with Crippen LogP contribution >= 0.6 is 11.6 Å². The third kappa shape index (κ3) is 4.23. The molecule has 0 radical (unpaired) electrons. The molecule has 19 heavy (non-hydrogen) atoms. The van der Waals surface area contributed by atoms with E-state index in [1.54, 1.807) is 6.20 Å². The number of ether oxygens (including phenoxy) is 1. The lowest BCUT2D eigenvalue weighted by Gasteiger charge is -2.08. The van der Waals surface area contributed by atoms with E-state index in [-0.39, 0.29) is 0 Å². The summed E-state index contributed by atoms with van der Waals surface area (Å²) in [5, 5.41) is 3.98. The molecule has 0 aliphatic heterocycles. The van der Waals surface area contributed by atoms with E-state index >= 15 is 0 Å². The van der Waals surface area contributed by atoms with Gasteiger partial charge in [-0.3, -0.25) is 0 Å². The fourth-order valence-corrected chi connectivity index (χ4v) is 1.87. The van der Waals surface area contributed by atoms with Crippen LogP contribution in [0.15, 0.2) is 42.6 Å². The Balaban J connectivity index is 1.98. The van der Waals surface area contributed by atoms with Gasteiger partial charge in [0.2, 0.25) is 5.88 Å². The van der Waals surface area contributed by atoms with Gasteiger partial charge in [0.05, 0.1) is 0 Å². The molecule has 0 aliphatic carbocycles. The molecule has 0 unspecified atom stereocenters. The van der Waals surface area contributed by atoms with Crippen molar-refractivity contribution in [3.05, 3.63) is 58.7 Å². The lowest BCUT2D eigenvalue weighted by molar-refractivity contribution is 0.293. The van der Waals surface area contributed by atoms with Gasteiger partial charge in [-0.15, -0.1) is 0 Å². The minimum atomic E-state index is 0.428. The van der Waals surface area contributed by atoms with E-state index in [9.17, 15) is 0 Å². The molecule has 3 nitrogen and oxygen atoms in total. The first-order chi connectivity index (χ1) is 9.29. The predicted molar refractivity (Wildman–Crippen MR) is 77.4 cm³/mol. The molecule has 1 aromatic heterocycles. The minimum Gasteiger partial charge on any atom is -0.473 e. The number of pyridine rings is 1. The third-order valence-corrected chi connectivity index (χ3v) is 3.08. The van der Waals surface area contributed by atoms with Crippen molar-refractivity contribution in [1.82, 2.24) is 10.3 Å². The van der Waals surface area contributed by atoms with Gasteiger partial charge < -0.3 is 10.1 Å². The molecule has 2 rings (SSSR count). The van der Waals surface area contributed by atoms with Crippen LogP contribution in [0.2, 0.25) is 5.02 Å². The number of rotatable bonds is 6. The summed E-state index contributed by atoms with van der Waals surface area (Å²) in [6.45, 7) is 4.27. The Morgan fingerprint density at radius 1 is 1.26 bits per heavy atom. The van der Waals surface area contributed by atoms with Gasteiger partial charge in [0.25, 0.3) is 0 Å². The summed E-state index contributed by atoms with van der Waals surface area (Å²) in [6, 6.07) is 11.6. The largest absolute Gasteiger partial charge is 0.473 e. The van der Waals surface area contributed by atoms with E-state index in [0.29, 0.717) is 17.5 Å². The van der Waals surface area contributed by atoms with Crippen molar-refractivity contribution in [2.45, 2.75) is 20.1 Å². The highest BCUT2D eigenvalue weighted by Gasteiger charge is 2.02. The zero-order valence-corrected chi connectivity index (χ0v) is 11.7. The highest BCUT2D eigenvalue weighted by molar-refractivity contribution is 6.31. The highest BCUT2D eigenvalue weighted by Crippen LogP contribution is 2.17. The van der Waals surface area contributed by atoms with Crippen LogP contribution in [0.1, 0.15) is 18.1 Å². The number of hydrogen-bond donors (Lipinski definition) is 1. The molecular formula is C15H17ClN2O. The van der Waals surface area contributed by atoms with Crippen LogP contribution in [0.4, 0.5) is 0 Å². The first kappa shape index (κ1) is 13.8. The second kappa shape index (κ2) is 7.12. The normalized spacial score (nSPS) is 10.4. The lowest BCUT2D eigenvalue weighted by Crippen LogP contribution is -2.11. The SMILES string of the molecule is CCNCc1ccnc(OCc2ccccc2Cl)c1. The lowest BCUT2D eigenvalue weighted by atomic mass is 10.2. The molecule has 1 aromatic carbocycles. The van der Waals surface area contributed by atoms with Gasteiger partial charge in [0.1, 0.15) is 6.61 Å². The van der Waals surface area contributed by atoms with Crippen molar-refractivity contribution in [2.75, 3.05) is 6.54 Å². The first-order valence-corrected chi connectivity index (χ1v) is 6.69. The van der Waals surface area contributed by atoms with Crippen LogP contribution in [0.5, 0.6) is 5.88 Å². The maximum atomic E-state index is 6.08. The van der Waals surface area contributed by atoms with Crippen molar-refractivity contribution in [3.63, 3.8) is 0 Å². The zero-order chi connectivity index (χ0) is 13.5. The Morgan fingerprint density at radius 2 is 2.11 bits per heavy atom. The van der Waals surface area contributed by atoms with Crippen LogP contribution in [0.3, 0.4) is 0 Å². The van der Waals surface area contributed by atoms with Crippen LogP contribution in [0, 0.1) is 0 Å². The van der Waals surface area contributed by atoms with Crippen molar-refractivity contribution in [3.8, 4) is 5.88 Å². The van der Waals surface area contributed by atoms with Crippen LogP contribution in [0.25, 0.3) is 0 Å². The van der Waals surface area contributed by atoms with Gasteiger partial charge in [-0.25, -0.2) is 4.98 Å². The Hall–Kier alpha value is -1.58. The summed E-state index contributed by atoms with van der Waals surface area (Å²) in [7, 11) is 0. The summed E-state index contributed by atoms with van der Waals surface area (Å²) >= 11 is 6.08. The smallest absolute Gasteiger partial charge is 0.213 e. The van der Waals surface area contributed by atoms with Gasteiger partial charge in [0, 0.05) is 29.4 Å². The molecule has 0 fully saturated rings. The molecule has 100 valence electrons. The number of hydrogen-bond acceptors (Lipinski definition) is 3. The Labute approximate surface area is 118 Å². The maximum absolute atomic E-state index is 6.08. The number of benzene rings is 1. The number of nitrogens with one attached hydrogen (secondary N) is 1. The molecular weight excluding hydrogens is 260 g/mol. The molecule has 4 heteroatoms. The van der Waals surface area contributed by atoms with Crippen LogP contribution in [-0.2, 0) is 13.2 Å². The Morgan fingerprint density at radius 3 is 2.89 bits per heavy atom. The van der Waals surface area contributed by atoms with Crippen LogP contribution in [-0.4, -0.2) is 11.5 Å². The molecule has 1 heterocycles. The Kier molecular flexibility index (Phi) is 5.19. The molecule has 1 N–H and O–H groups in total. The van der Waals surface area contributed by atoms with E-state index in [0.717, 1.165) is 24.2 Å². The Bertz CT molecular complexity index is 531. The second-order valence-electron chi connectivity index (χ2n) is 4.16. The summed E-state index contributed by atoms with van der Waals surface area (Å²) in [5.41, 5.74) is 2.12. The fourth-order valence-electron chi connectivity index (χ4n) is 1.68. The second-order valence-corrected chi connectivity index (χ2v) is 4.57. The summed E-state index contributed by atoms with van der Waals surface area (Å²) < 4.78 is 5.67. The van der Waals surface area contributed by atoms with E-state index in [1.165, 1.54) is 0 Å².